The van der Waals surface area contributed by atoms with Gasteiger partial charge in [0.1, 0.15) is 18.2 Å². The van der Waals surface area contributed by atoms with Crippen molar-refractivity contribution in [3.05, 3.63) is 59.4 Å². The number of aryl methyl sites for hydroxylation is 1. The molecule has 128 valence electrons. The van der Waals surface area contributed by atoms with Crippen molar-refractivity contribution in [2.75, 3.05) is 23.9 Å². The lowest BCUT2D eigenvalue weighted by Gasteiger charge is -2.09. The summed E-state index contributed by atoms with van der Waals surface area (Å²) in [6.07, 6.45) is 1.13. The molecule has 0 spiro atoms. The molecule has 0 bridgehead atoms. The first-order chi connectivity index (χ1) is 11.2. The van der Waals surface area contributed by atoms with E-state index < -0.39 is 21.6 Å². The third kappa shape index (κ3) is 5.34. The van der Waals surface area contributed by atoms with Crippen LogP contribution in [0.5, 0.6) is 5.75 Å². The van der Waals surface area contributed by atoms with E-state index in [1.165, 1.54) is 12.1 Å². The Bertz CT molecular complexity index is 849. The number of carbonyl (C=O) groups is 1. The van der Waals surface area contributed by atoms with E-state index in [0.717, 1.165) is 6.26 Å². The molecule has 0 fully saturated rings. The molecule has 2 aromatic rings. The van der Waals surface area contributed by atoms with Crippen LogP contribution < -0.4 is 10.1 Å². The Kier molecular flexibility index (Phi) is 5.56. The van der Waals surface area contributed by atoms with E-state index in [4.69, 9.17) is 4.74 Å². The predicted octanol–water partition coefficient (Wildman–Crippen LogP) is 2.81. The van der Waals surface area contributed by atoms with Gasteiger partial charge in [-0.3, -0.25) is 4.79 Å². The van der Waals surface area contributed by atoms with Crippen LogP contribution in [-0.4, -0.2) is 32.9 Å². The van der Waals surface area contributed by atoms with Crippen LogP contribution in [0.3, 0.4) is 0 Å². The summed E-state index contributed by atoms with van der Waals surface area (Å²) in [4.78, 5) is 12.1. The number of carbonyl (C=O) groups excluding carboxylic acids is 1. The van der Waals surface area contributed by atoms with Crippen LogP contribution >= 0.6 is 0 Å². The molecule has 1 amide bonds. The van der Waals surface area contributed by atoms with E-state index in [2.05, 4.69) is 5.32 Å². The van der Waals surface area contributed by atoms with Gasteiger partial charge in [-0.1, -0.05) is 12.1 Å². The van der Waals surface area contributed by atoms with Gasteiger partial charge in [-0.05, 0) is 36.8 Å². The fourth-order valence-electron chi connectivity index (χ4n) is 1.91. The normalized spacial score (nSPS) is 11.1. The lowest BCUT2D eigenvalue weighted by Crippen LogP contribution is -2.13. The Morgan fingerprint density at radius 1 is 1.21 bits per heavy atom. The van der Waals surface area contributed by atoms with Gasteiger partial charge in [0.15, 0.2) is 9.84 Å². The molecule has 0 atom stereocenters. The minimum atomic E-state index is -3.10. The molecule has 2 aromatic carbocycles. The fraction of sp³-hybridized carbons (Fsp3) is 0.235. The second kappa shape index (κ2) is 7.44. The zero-order valence-corrected chi connectivity index (χ0v) is 14.2. The van der Waals surface area contributed by atoms with Crippen molar-refractivity contribution in [3.63, 3.8) is 0 Å². The number of halogens is 1. The number of benzene rings is 2. The van der Waals surface area contributed by atoms with Crippen LogP contribution in [0, 0.1) is 12.7 Å². The van der Waals surface area contributed by atoms with Crippen molar-refractivity contribution in [1.82, 2.24) is 0 Å². The first kappa shape index (κ1) is 17.9. The summed E-state index contributed by atoms with van der Waals surface area (Å²) < 4.78 is 41.0. The second-order valence-electron chi connectivity index (χ2n) is 5.42. The molecule has 5 nitrogen and oxygen atoms in total. The highest BCUT2D eigenvalue weighted by Gasteiger charge is 2.09. The monoisotopic (exact) mass is 351 g/mol. The summed E-state index contributed by atoms with van der Waals surface area (Å²) in [5.41, 5.74) is 1.15. The molecule has 0 heterocycles. The number of amides is 1. The van der Waals surface area contributed by atoms with Crippen molar-refractivity contribution in [3.8, 4) is 5.75 Å². The van der Waals surface area contributed by atoms with Crippen molar-refractivity contribution in [2.45, 2.75) is 6.92 Å². The van der Waals surface area contributed by atoms with Crippen LogP contribution in [0.4, 0.5) is 10.1 Å². The smallest absolute Gasteiger partial charge is 0.255 e. The number of hydrogen-bond acceptors (Lipinski definition) is 4. The number of anilines is 1. The Hall–Kier alpha value is -2.41. The molecular weight excluding hydrogens is 333 g/mol. The summed E-state index contributed by atoms with van der Waals surface area (Å²) in [6.45, 7) is 1.65. The predicted molar refractivity (Wildman–Crippen MR) is 90.7 cm³/mol. The molecule has 0 aromatic heterocycles. The summed E-state index contributed by atoms with van der Waals surface area (Å²) in [6, 6.07) is 10.8. The van der Waals surface area contributed by atoms with Gasteiger partial charge in [0.2, 0.25) is 0 Å². The first-order valence-electron chi connectivity index (χ1n) is 7.23. The molecule has 0 saturated carbocycles. The van der Waals surface area contributed by atoms with Gasteiger partial charge in [0.25, 0.3) is 5.91 Å². The molecule has 0 aliphatic rings. The van der Waals surface area contributed by atoms with Crippen LogP contribution in [0.1, 0.15) is 15.9 Å². The van der Waals surface area contributed by atoms with E-state index in [1.54, 1.807) is 37.3 Å². The maximum Gasteiger partial charge on any atom is 0.255 e. The highest BCUT2D eigenvalue weighted by atomic mass is 32.2. The van der Waals surface area contributed by atoms with Crippen LogP contribution in [-0.2, 0) is 9.84 Å². The Morgan fingerprint density at radius 2 is 1.96 bits per heavy atom. The second-order valence-corrected chi connectivity index (χ2v) is 7.68. The van der Waals surface area contributed by atoms with E-state index in [9.17, 15) is 17.6 Å². The molecular formula is C17H18FNO4S. The highest BCUT2D eigenvalue weighted by molar-refractivity contribution is 7.90. The fourth-order valence-corrected chi connectivity index (χ4v) is 2.30. The van der Waals surface area contributed by atoms with Gasteiger partial charge in [-0.2, -0.15) is 0 Å². The Labute approximate surface area is 140 Å². The largest absolute Gasteiger partial charge is 0.492 e. The number of rotatable bonds is 6. The number of hydrogen-bond donors (Lipinski definition) is 1. The molecule has 0 saturated heterocycles. The van der Waals surface area contributed by atoms with E-state index in [0.29, 0.717) is 17.0 Å². The standard InChI is InChI=1S/C17H18FNO4S/c1-12-6-7-13(10-16(12)18)17(20)19-14-4-3-5-15(11-14)23-8-9-24(2,21)22/h3-7,10-11H,8-9H2,1-2H3,(H,19,20). The Morgan fingerprint density at radius 3 is 2.62 bits per heavy atom. The van der Waals surface area contributed by atoms with Crippen molar-refractivity contribution < 1.29 is 22.3 Å². The molecule has 7 heteroatoms. The lowest BCUT2D eigenvalue weighted by atomic mass is 10.1. The van der Waals surface area contributed by atoms with Crippen molar-refractivity contribution in [2.24, 2.45) is 0 Å². The minimum Gasteiger partial charge on any atom is -0.492 e. The van der Waals surface area contributed by atoms with Crippen molar-refractivity contribution >= 4 is 21.4 Å². The van der Waals surface area contributed by atoms with Gasteiger partial charge in [-0.25, -0.2) is 12.8 Å². The number of ether oxygens (including phenoxy) is 1. The third-order valence-electron chi connectivity index (χ3n) is 3.25. The van der Waals surface area contributed by atoms with Gasteiger partial charge in [0.05, 0.1) is 5.75 Å². The zero-order valence-electron chi connectivity index (χ0n) is 13.4. The molecule has 0 aliphatic heterocycles. The number of nitrogens with one attached hydrogen (secondary N) is 1. The summed E-state index contributed by atoms with van der Waals surface area (Å²) in [7, 11) is -3.10. The van der Waals surface area contributed by atoms with Gasteiger partial charge in [-0.15, -0.1) is 0 Å². The molecule has 0 aliphatic carbocycles. The molecule has 1 N–H and O–H groups in total. The molecule has 0 radical (unpaired) electrons. The zero-order chi connectivity index (χ0) is 17.7. The average molecular weight is 351 g/mol. The number of sulfone groups is 1. The summed E-state index contributed by atoms with van der Waals surface area (Å²) >= 11 is 0. The van der Waals surface area contributed by atoms with Crippen LogP contribution in [0.15, 0.2) is 42.5 Å². The Balaban J connectivity index is 2.03. The highest BCUT2D eigenvalue weighted by Crippen LogP contribution is 2.19. The van der Waals surface area contributed by atoms with E-state index in [-0.39, 0.29) is 17.9 Å². The maximum absolute atomic E-state index is 13.5. The quantitative estimate of drug-likeness (QED) is 0.869. The molecule has 24 heavy (non-hydrogen) atoms. The maximum atomic E-state index is 13.5. The van der Waals surface area contributed by atoms with Gasteiger partial charge < -0.3 is 10.1 Å². The average Bonchev–Trinajstić information content (AvgIpc) is 2.49. The third-order valence-corrected chi connectivity index (χ3v) is 4.16. The lowest BCUT2D eigenvalue weighted by molar-refractivity contribution is 0.102. The molecule has 2 rings (SSSR count). The van der Waals surface area contributed by atoms with Crippen LogP contribution in [0.25, 0.3) is 0 Å². The summed E-state index contributed by atoms with van der Waals surface area (Å²) in [5.74, 6) is -0.541. The SMILES string of the molecule is Cc1ccc(C(=O)Nc2cccc(OCCS(C)(=O)=O)c2)cc1F. The van der Waals surface area contributed by atoms with Gasteiger partial charge in [0, 0.05) is 23.6 Å². The van der Waals surface area contributed by atoms with E-state index in [1.807, 2.05) is 0 Å². The minimum absolute atomic E-state index is 0.0272. The topological polar surface area (TPSA) is 72.5 Å². The molecule has 0 unspecified atom stereocenters. The van der Waals surface area contributed by atoms with Crippen LogP contribution in [0.2, 0.25) is 0 Å². The van der Waals surface area contributed by atoms with Gasteiger partial charge >= 0.3 is 0 Å². The summed E-state index contributed by atoms with van der Waals surface area (Å²) in [5, 5.41) is 2.65. The van der Waals surface area contributed by atoms with Crippen molar-refractivity contribution in [1.29, 1.82) is 0 Å². The first-order valence-corrected chi connectivity index (χ1v) is 9.29. The van der Waals surface area contributed by atoms with E-state index >= 15 is 0 Å².